The summed E-state index contributed by atoms with van der Waals surface area (Å²) in [6.45, 7) is 0. The summed E-state index contributed by atoms with van der Waals surface area (Å²) in [5, 5.41) is 4.86. The van der Waals surface area contributed by atoms with Crippen molar-refractivity contribution in [2.45, 2.75) is 5.41 Å². The predicted molar refractivity (Wildman–Crippen MR) is 268 cm³/mol. The molecule has 64 heavy (non-hydrogen) atoms. The third kappa shape index (κ3) is 4.85. The summed E-state index contributed by atoms with van der Waals surface area (Å²) in [5.41, 5.74) is 19.4. The van der Waals surface area contributed by atoms with Gasteiger partial charge in [-0.15, -0.1) is 11.3 Å². The fourth-order valence-electron chi connectivity index (χ4n) is 11.3. The molecule has 3 heteroatoms. The largest absolute Gasteiger partial charge is 0.456 e. The summed E-state index contributed by atoms with van der Waals surface area (Å²) in [5.74, 6) is 0. The highest BCUT2D eigenvalue weighted by Crippen LogP contribution is 2.64. The van der Waals surface area contributed by atoms with Crippen molar-refractivity contribution in [2.24, 2.45) is 0 Å². The summed E-state index contributed by atoms with van der Waals surface area (Å²) in [4.78, 5) is 2.45. The zero-order valence-electron chi connectivity index (χ0n) is 34.6. The second-order valence-corrected chi connectivity index (χ2v) is 18.1. The number of fused-ring (bicyclic) bond motifs is 19. The van der Waals surface area contributed by atoms with Crippen LogP contribution in [0.25, 0.3) is 86.6 Å². The molecule has 0 aliphatic heterocycles. The number of rotatable bonds is 4. The van der Waals surface area contributed by atoms with E-state index in [-0.39, 0.29) is 0 Å². The Morgan fingerprint density at radius 3 is 1.77 bits per heavy atom. The molecule has 2 aliphatic rings. The molecule has 1 atom stereocenters. The van der Waals surface area contributed by atoms with Crippen molar-refractivity contribution in [2.75, 3.05) is 4.90 Å². The van der Waals surface area contributed by atoms with Gasteiger partial charge in [0.05, 0.1) is 11.1 Å². The van der Waals surface area contributed by atoms with Crippen LogP contribution >= 0.6 is 11.3 Å². The fourth-order valence-corrected chi connectivity index (χ4v) is 12.6. The Morgan fingerprint density at radius 2 is 0.938 bits per heavy atom. The van der Waals surface area contributed by atoms with Crippen LogP contribution in [0, 0.1) is 0 Å². The monoisotopic (exact) mass is 831 g/mol. The summed E-state index contributed by atoms with van der Waals surface area (Å²) >= 11 is 1.92. The van der Waals surface area contributed by atoms with Crippen LogP contribution in [0.1, 0.15) is 22.3 Å². The lowest BCUT2D eigenvalue weighted by molar-refractivity contribution is 0.669. The minimum Gasteiger partial charge on any atom is -0.456 e. The molecule has 0 saturated heterocycles. The molecule has 298 valence electrons. The van der Waals surface area contributed by atoms with Gasteiger partial charge in [0.2, 0.25) is 0 Å². The van der Waals surface area contributed by atoms with E-state index in [1.54, 1.807) is 0 Å². The molecule has 0 fully saturated rings. The number of benzene rings is 10. The Kier molecular flexibility index (Phi) is 7.51. The predicted octanol–water partition coefficient (Wildman–Crippen LogP) is 17.1. The number of anilines is 3. The summed E-state index contributed by atoms with van der Waals surface area (Å²) in [6.07, 6.45) is 0. The molecule has 2 heterocycles. The van der Waals surface area contributed by atoms with Gasteiger partial charge in [0.1, 0.15) is 11.2 Å². The van der Waals surface area contributed by atoms with Crippen LogP contribution in [-0.4, -0.2) is 0 Å². The molecular formula is C61H37NOS. The summed E-state index contributed by atoms with van der Waals surface area (Å²) in [6, 6.07) is 83.0. The van der Waals surface area contributed by atoms with Crippen molar-refractivity contribution in [3.8, 4) is 44.5 Å². The standard InChI is InChI=1S/C61H37NOS/c1-2-16-38(17-3-1)41-18-8-13-27-55(41)62(40-31-33-47-46-22-9-14-28-56(46)63-57(47)37-40)39-30-32-45-43-20-5-4-19-42(43)44-21-6-11-25-51(44)61(54(45)36-39)52-26-12-7-24-50(52)59-53(61)35-34-49-48-23-10-15-29-58(48)64-60(49)59/h1-37H/t61-/m0/s1. The van der Waals surface area contributed by atoms with Crippen LogP contribution < -0.4 is 4.90 Å². The molecule has 0 bridgehead atoms. The van der Waals surface area contributed by atoms with Gasteiger partial charge in [-0.05, 0) is 98.1 Å². The van der Waals surface area contributed by atoms with E-state index in [0.29, 0.717) is 0 Å². The van der Waals surface area contributed by atoms with Crippen LogP contribution in [0.5, 0.6) is 0 Å². The number of thiophene rings is 1. The highest BCUT2D eigenvalue weighted by molar-refractivity contribution is 7.26. The maximum absolute atomic E-state index is 6.60. The van der Waals surface area contributed by atoms with Crippen LogP contribution in [0.4, 0.5) is 17.1 Å². The fraction of sp³-hybridized carbons (Fsp3) is 0.0164. The van der Waals surface area contributed by atoms with Gasteiger partial charge in [-0.25, -0.2) is 0 Å². The van der Waals surface area contributed by atoms with Crippen LogP contribution in [0.15, 0.2) is 229 Å². The van der Waals surface area contributed by atoms with Gasteiger partial charge >= 0.3 is 0 Å². The average Bonchev–Trinajstić information content (AvgIpc) is 4.00. The molecule has 2 aromatic heterocycles. The number of hydrogen-bond acceptors (Lipinski definition) is 3. The van der Waals surface area contributed by atoms with E-state index in [4.69, 9.17) is 4.42 Å². The molecule has 2 aliphatic carbocycles. The third-order valence-electron chi connectivity index (χ3n) is 13.9. The maximum Gasteiger partial charge on any atom is 0.137 e. The lowest BCUT2D eigenvalue weighted by Gasteiger charge is -2.36. The van der Waals surface area contributed by atoms with E-state index in [0.717, 1.165) is 50.1 Å². The summed E-state index contributed by atoms with van der Waals surface area (Å²) in [7, 11) is 0. The van der Waals surface area contributed by atoms with Gasteiger partial charge in [0.15, 0.2) is 0 Å². The van der Waals surface area contributed by atoms with E-state index >= 15 is 0 Å². The van der Waals surface area contributed by atoms with Gasteiger partial charge in [-0.1, -0.05) is 176 Å². The highest BCUT2D eigenvalue weighted by atomic mass is 32.1. The number of nitrogens with zero attached hydrogens (tertiary/aromatic N) is 1. The lowest BCUT2D eigenvalue weighted by atomic mass is 9.65. The molecule has 0 saturated carbocycles. The van der Waals surface area contributed by atoms with Crippen LogP contribution in [0.3, 0.4) is 0 Å². The van der Waals surface area contributed by atoms with E-state index < -0.39 is 5.41 Å². The molecule has 10 aromatic carbocycles. The van der Waals surface area contributed by atoms with Gasteiger partial charge < -0.3 is 9.32 Å². The molecule has 12 aromatic rings. The zero-order valence-corrected chi connectivity index (χ0v) is 35.4. The Bertz CT molecular complexity index is 3870. The van der Waals surface area contributed by atoms with E-state index in [9.17, 15) is 0 Å². The van der Waals surface area contributed by atoms with Gasteiger partial charge in [0, 0.05) is 59.5 Å². The first kappa shape index (κ1) is 35.6. The van der Waals surface area contributed by atoms with E-state index in [1.165, 1.54) is 75.8 Å². The molecule has 0 N–H and O–H groups in total. The molecule has 0 radical (unpaired) electrons. The number of hydrogen-bond donors (Lipinski definition) is 0. The normalized spacial score (nSPS) is 14.6. The third-order valence-corrected chi connectivity index (χ3v) is 15.1. The van der Waals surface area contributed by atoms with E-state index in [2.05, 4.69) is 223 Å². The minimum atomic E-state index is -0.648. The number of furan rings is 1. The Labute approximate surface area is 374 Å². The average molecular weight is 832 g/mol. The zero-order chi connectivity index (χ0) is 41.9. The number of para-hydroxylation sites is 2. The Balaban J connectivity index is 1.12. The highest BCUT2D eigenvalue weighted by Gasteiger charge is 2.50. The first-order valence-corrected chi connectivity index (χ1v) is 22.8. The van der Waals surface area contributed by atoms with Crippen molar-refractivity contribution in [1.82, 2.24) is 0 Å². The first-order valence-electron chi connectivity index (χ1n) is 22.0. The van der Waals surface area contributed by atoms with E-state index in [1.807, 2.05) is 17.4 Å². The molecule has 1 spiro atoms. The minimum absolute atomic E-state index is 0.648. The smallest absolute Gasteiger partial charge is 0.137 e. The topological polar surface area (TPSA) is 16.4 Å². The molecule has 2 nitrogen and oxygen atoms in total. The second-order valence-electron chi connectivity index (χ2n) is 17.1. The Morgan fingerprint density at radius 1 is 0.359 bits per heavy atom. The molecule has 14 rings (SSSR count). The molecule has 0 unspecified atom stereocenters. The van der Waals surface area contributed by atoms with Crippen molar-refractivity contribution in [3.05, 3.63) is 247 Å². The SMILES string of the molecule is c1ccc(-c2ccccc2N(c2ccc3c(c2)[C@@]2(c4ccccc4-c4ccccc4-3)c3ccccc3-c3c2ccc2c3sc3ccccc32)c2ccc3c(c2)oc2ccccc23)cc1. The lowest BCUT2D eigenvalue weighted by Crippen LogP contribution is -2.29. The second kappa shape index (κ2) is 13.5. The first-order chi connectivity index (χ1) is 31.8. The van der Waals surface area contributed by atoms with Crippen LogP contribution in [0.2, 0.25) is 0 Å². The van der Waals surface area contributed by atoms with Crippen molar-refractivity contribution in [1.29, 1.82) is 0 Å². The van der Waals surface area contributed by atoms with Crippen molar-refractivity contribution < 1.29 is 4.42 Å². The van der Waals surface area contributed by atoms with Crippen molar-refractivity contribution in [3.63, 3.8) is 0 Å². The molecular weight excluding hydrogens is 795 g/mol. The maximum atomic E-state index is 6.60. The van der Waals surface area contributed by atoms with Gasteiger partial charge in [0.25, 0.3) is 0 Å². The Hall–Kier alpha value is -7.98. The summed E-state index contributed by atoms with van der Waals surface area (Å²) < 4.78 is 9.26. The quantitative estimate of drug-likeness (QED) is 0.176. The molecule has 0 amide bonds. The van der Waals surface area contributed by atoms with Gasteiger partial charge in [-0.3, -0.25) is 0 Å². The van der Waals surface area contributed by atoms with Crippen molar-refractivity contribution >= 4 is 70.5 Å². The van der Waals surface area contributed by atoms with Gasteiger partial charge in [-0.2, -0.15) is 0 Å². The van der Waals surface area contributed by atoms with Crippen LogP contribution in [-0.2, 0) is 5.41 Å².